The van der Waals surface area contributed by atoms with Crippen LogP contribution < -0.4 is 0 Å². The van der Waals surface area contributed by atoms with Crippen LogP contribution in [-0.4, -0.2) is 16.1 Å². The molecule has 1 N–H and O–H groups in total. The zero-order chi connectivity index (χ0) is 11.0. The molecule has 0 spiro atoms. The maximum Gasteiger partial charge on any atom is 0.358 e. The Balaban J connectivity index is 2.58. The highest BCUT2D eigenvalue weighted by molar-refractivity contribution is 5.92. The second-order valence-electron chi connectivity index (χ2n) is 3.16. The van der Waals surface area contributed by atoms with Crippen LogP contribution in [0.2, 0.25) is 0 Å². The van der Waals surface area contributed by atoms with E-state index in [4.69, 9.17) is 13.9 Å². The van der Waals surface area contributed by atoms with E-state index < -0.39 is 5.97 Å². The number of hydrogen-bond acceptors (Lipinski definition) is 4. The van der Waals surface area contributed by atoms with E-state index in [9.17, 15) is 4.79 Å². The number of oxazole rings is 1. The van der Waals surface area contributed by atoms with Crippen molar-refractivity contribution in [1.29, 1.82) is 0 Å². The zero-order valence-electron chi connectivity index (χ0n) is 8.27. The Morgan fingerprint density at radius 3 is 2.73 bits per heavy atom. The summed E-state index contributed by atoms with van der Waals surface area (Å²) in [6.45, 7) is 3.53. The molecule has 0 fully saturated rings. The minimum Gasteiger partial charge on any atom is -0.476 e. The van der Waals surface area contributed by atoms with Gasteiger partial charge in [0.1, 0.15) is 11.5 Å². The van der Waals surface area contributed by atoms with E-state index in [0.717, 1.165) is 6.39 Å². The molecule has 0 atom stereocenters. The summed E-state index contributed by atoms with van der Waals surface area (Å²) < 4.78 is 10.3. The van der Waals surface area contributed by atoms with E-state index in [-0.39, 0.29) is 11.5 Å². The lowest BCUT2D eigenvalue weighted by Crippen LogP contribution is -1.98. The Bertz CT molecular complexity index is 509. The van der Waals surface area contributed by atoms with Gasteiger partial charge in [-0.15, -0.1) is 0 Å². The Labute approximate surface area is 85.3 Å². The highest BCUT2D eigenvalue weighted by Crippen LogP contribution is 2.28. The van der Waals surface area contributed by atoms with Gasteiger partial charge in [0.05, 0.1) is 5.56 Å². The van der Waals surface area contributed by atoms with Crippen LogP contribution in [0.4, 0.5) is 0 Å². The Hall–Kier alpha value is -2.04. The minimum atomic E-state index is -1.11. The summed E-state index contributed by atoms with van der Waals surface area (Å²) in [5, 5.41) is 8.86. The first-order valence-electron chi connectivity index (χ1n) is 4.33. The van der Waals surface area contributed by atoms with Crippen LogP contribution >= 0.6 is 0 Å². The summed E-state index contributed by atoms with van der Waals surface area (Å²) in [5.74, 6) is 0.441. The van der Waals surface area contributed by atoms with Crippen molar-refractivity contribution in [3.8, 4) is 11.3 Å². The Kier molecular flexibility index (Phi) is 2.07. The number of hydrogen-bond donors (Lipinski definition) is 1. The smallest absolute Gasteiger partial charge is 0.358 e. The van der Waals surface area contributed by atoms with Crippen molar-refractivity contribution in [2.24, 2.45) is 0 Å². The lowest BCUT2D eigenvalue weighted by molar-refractivity contribution is 0.0691. The maximum atomic E-state index is 10.8. The molecular formula is C10H9NO4. The lowest BCUT2D eigenvalue weighted by atomic mass is 10.1. The van der Waals surface area contributed by atoms with Gasteiger partial charge in [-0.3, -0.25) is 0 Å². The van der Waals surface area contributed by atoms with Gasteiger partial charge in [0.2, 0.25) is 0 Å². The van der Waals surface area contributed by atoms with E-state index in [0.29, 0.717) is 17.1 Å². The molecule has 0 saturated heterocycles. The fourth-order valence-corrected chi connectivity index (χ4v) is 1.45. The highest BCUT2D eigenvalue weighted by atomic mass is 16.4. The van der Waals surface area contributed by atoms with Gasteiger partial charge < -0.3 is 13.9 Å². The van der Waals surface area contributed by atoms with E-state index in [1.54, 1.807) is 19.9 Å². The van der Waals surface area contributed by atoms with Crippen LogP contribution in [0.1, 0.15) is 22.0 Å². The van der Waals surface area contributed by atoms with Gasteiger partial charge in [-0.05, 0) is 19.9 Å². The van der Waals surface area contributed by atoms with Crippen molar-refractivity contribution >= 4 is 5.97 Å². The number of nitrogens with zero attached hydrogens (tertiary/aromatic N) is 1. The van der Waals surface area contributed by atoms with Crippen LogP contribution in [0.5, 0.6) is 0 Å². The molecule has 5 heteroatoms. The molecule has 0 saturated carbocycles. The molecule has 5 nitrogen and oxygen atoms in total. The SMILES string of the molecule is Cc1cc(-c2ocnc2C(=O)O)c(C)o1. The summed E-state index contributed by atoms with van der Waals surface area (Å²) in [7, 11) is 0. The first-order valence-corrected chi connectivity index (χ1v) is 4.33. The summed E-state index contributed by atoms with van der Waals surface area (Å²) >= 11 is 0. The molecule has 78 valence electrons. The summed E-state index contributed by atoms with van der Waals surface area (Å²) in [6, 6.07) is 1.72. The van der Waals surface area contributed by atoms with Gasteiger partial charge in [0.15, 0.2) is 17.8 Å². The normalized spacial score (nSPS) is 10.5. The fraction of sp³-hybridized carbons (Fsp3) is 0.200. The average Bonchev–Trinajstić information content (AvgIpc) is 2.71. The minimum absolute atomic E-state index is 0.0982. The molecule has 0 aliphatic heterocycles. The molecular weight excluding hydrogens is 198 g/mol. The van der Waals surface area contributed by atoms with Gasteiger partial charge >= 0.3 is 5.97 Å². The van der Waals surface area contributed by atoms with Gasteiger partial charge in [-0.25, -0.2) is 9.78 Å². The molecule has 2 aromatic heterocycles. The van der Waals surface area contributed by atoms with E-state index in [1.807, 2.05) is 0 Å². The number of aromatic carboxylic acids is 1. The third kappa shape index (κ3) is 1.52. The van der Waals surface area contributed by atoms with Crippen LogP contribution in [0.25, 0.3) is 11.3 Å². The number of aromatic nitrogens is 1. The van der Waals surface area contributed by atoms with Crippen molar-refractivity contribution < 1.29 is 18.7 Å². The predicted octanol–water partition coefficient (Wildman–Crippen LogP) is 2.25. The summed E-state index contributed by atoms with van der Waals surface area (Å²) in [6.07, 6.45) is 1.11. The molecule has 2 heterocycles. The standard InChI is InChI=1S/C10H9NO4/c1-5-3-7(6(2)15-5)9-8(10(12)13)11-4-14-9/h3-4H,1-2H3,(H,12,13). The number of carbonyl (C=O) groups is 1. The number of carboxylic acids is 1. The number of aryl methyl sites for hydroxylation is 2. The van der Waals surface area contributed by atoms with Gasteiger partial charge in [0, 0.05) is 0 Å². The number of furan rings is 1. The largest absolute Gasteiger partial charge is 0.476 e. The van der Waals surface area contributed by atoms with Crippen molar-refractivity contribution in [2.45, 2.75) is 13.8 Å². The van der Waals surface area contributed by atoms with Crippen molar-refractivity contribution in [1.82, 2.24) is 4.98 Å². The van der Waals surface area contributed by atoms with Crippen LogP contribution in [0, 0.1) is 13.8 Å². The number of rotatable bonds is 2. The third-order valence-electron chi connectivity index (χ3n) is 2.06. The monoisotopic (exact) mass is 207 g/mol. The Morgan fingerprint density at radius 2 is 2.20 bits per heavy atom. The molecule has 0 aliphatic carbocycles. The average molecular weight is 207 g/mol. The van der Waals surface area contributed by atoms with Crippen LogP contribution in [-0.2, 0) is 0 Å². The Morgan fingerprint density at radius 1 is 1.47 bits per heavy atom. The molecule has 0 unspecified atom stereocenters. The van der Waals surface area contributed by atoms with E-state index in [2.05, 4.69) is 4.98 Å². The maximum absolute atomic E-state index is 10.8. The molecule has 2 rings (SSSR count). The second-order valence-corrected chi connectivity index (χ2v) is 3.16. The van der Waals surface area contributed by atoms with Gasteiger partial charge in [0.25, 0.3) is 0 Å². The molecule has 0 aliphatic rings. The third-order valence-corrected chi connectivity index (χ3v) is 2.06. The molecule has 0 amide bonds. The molecule has 2 aromatic rings. The molecule has 0 radical (unpaired) electrons. The molecule has 15 heavy (non-hydrogen) atoms. The second kappa shape index (κ2) is 3.27. The van der Waals surface area contributed by atoms with Gasteiger partial charge in [-0.1, -0.05) is 0 Å². The van der Waals surface area contributed by atoms with E-state index >= 15 is 0 Å². The summed E-state index contributed by atoms with van der Waals surface area (Å²) in [4.78, 5) is 14.5. The topological polar surface area (TPSA) is 76.5 Å². The quantitative estimate of drug-likeness (QED) is 0.817. The highest BCUT2D eigenvalue weighted by Gasteiger charge is 2.20. The van der Waals surface area contributed by atoms with Gasteiger partial charge in [-0.2, -0.15) is 0 Å². The predicted molar refractivity (Wildman–Crippen MR) is 50.6 cm³/mol. The van der Waals surface area contributed by atoms with E-state index in [1.165, 1.54) is 0 Å². The van der Waals surface area contributed by atoms with Crippen molar-refractivity contribution in [3.63, 3.8) is 0 Å². The van der Waals surface area contributed by atoms with Crippen LogP contribution in [0.15, 0.2) is 21.3 Å². The fourth-order valence-electron chi connectivity index (χ4n) is 1.45. The number of carboxylic acid groups (broad SMARTS) is 1. The first kappa shape index (κ1) is 9.51. The molecule has 0 bridgehead atoms. The summed E-state index contributed by atoms with van der Waals surface area (Å²) in [5.41, 5.74) is 0.529. The first-order chi connectivity index (χ1) is 7.09. The molecule has 0 aromatic carbocycles. The lowest BCUT2D eigenvalue weighted by Gasteiger charge is -1.93. The van der Waals surface area contributed by atoms with Crippen molar-refractivity contribution in [2.75, 3.05) is 0 Å². The zero-order valence-corrected chi connectivity index (χ0v) is 8.27. The van der Waals surface area contributed by atoms with Crippen LogP contribution in [0.3, 0.4) is 0 Å². The van der Waals surface area contributed by atoms with Crippen molar-refractivity contribution in [3.05, 3.63) is 29.7 Å².